The van der Waals surface area contributed by atoms with Gasteiger partial charge in [-0.3, -0.25) is 35.9 Å². The van der Waals surface area contributed by atoms with Crippen LogP contribution in [-0.4, -0.2) is 38.8 Å². The van der Waals surface area contributed by atoms with E-state index >= 15 is 0 Å². The summed E-state index contributed by atoms with van der Waals surface area (Å²) in [5.74, 6) is -2.18. The van der Waals surface area contributed by atoms with E-state index in [4.69, 9.17) is 16.3 Å². The molecule has 3 aromatic rings. The van der Waals surface area contributed by atoms with E-state index in [1.54, 1.807) is 0 Å². The smallest absolute Gasteiger partial charge is 0.374 e. The van der Waals surface area contributed by atoms with Crippen LogP contribution in [0.1, 0.15) is 20.7 Å². The third-order valence-corrected chi connectivity index (χ3v) is 4.48. The number of ether oxygens (including phenoxy) is 2. The lowest BCUT2D eigenvalue weighted by Crippen LogP contribution is -2.30. The van der Waals surface area contributed by atoms with Crippen LogP contribution >= 0.6 is 11.6 Å². The number of carbonyl (C=O) groups excluding carboxylic acids is 2. The summed E-state index contributed by atoms with van der Waals surface area (Å²) >= 11 is 5.72. The lowest BCUT2D eigenvalue weighted by atomic mass is 10.2. The number of anilines is 1. The Morgan fingerprint density at radius 2 is 1.68 bits per heavy atom. The monoisotopic (exact) mass is 488 g/mol. The van der Waals surface area contributed by atoms with E-state index in [2.05, 4.69) is 25.6 Å². The predicted molar refractivity (Wildman–Crippen MR) is 116 cm³/mol. The molecule has 0 radical (unpaired) electrons. The molecule has 1 aromatic heterocycles. The molecule has 1 heterocycles. The molecular weight excluding hydrogens is 476 g/mol. The Bertz CT molecular complexity index is 1280. The number of nitrogens with one attached hydrogen (secondary N) is 2. The van der Waals surface area contributed by atoms with Crippen LogP contribution in [-0.2, 0) is 4.74 Å². The Kier molecular flexibility index (Phi) is 7.13. The molecule has 0 aliphatic rings. The summed E-state index contributed by atoms with van der Waals surface area (Å²) in [5, 5.41) is 22.5. The molecule has 34 heavy (non-hydrogen) atoms. The van der Waals surface area contributed by atoms with Gasteiger partial charge in [0, 0.05) is 11.6 Å². The zero-order valence-electron chi connectivity index (χ0n) is 17.1. The average Bonchev–Trinajstić information content (AvgIpc) is 2.82. The van der Waals surface area contributed by atoms with Crippen molar-refractivity contribution in [2.75, 3.05) is 12.5 Å². The molecule has 0 saturated heterocycles. The van der Waals surface area contributed by atoms with Crippen molar-refractivity contribution in [1.29, 1.82) is 0 Å². The zero-order valence-corrected chi connectivity index (χ0v) is 17.8. The van der Waals surface area contributed by atoms with Gasteiger partial charge in [0.2, 0.25) is 5.82 Å². The fraction of sp³-hybridized carbons (Fsp3) is 0.0526. The predicted octanol–water partition coefficient (Wildman–Crippen LogP) is 3.28. The lowest BCUT2D eigenvalue weighted by Gasteiger charge is -2.10. The SMILES string of the molecule is COC(=O)c1ccc(Oc2ncnc(NNC(=O)c3ccc(Cl)c([N+](=O)[O-])c3)c2[N+](=O)[O-])cc1. The maximum absolute atomic E-state index is 12.4. The minimum atomic E-state index is -0.853. The zero-order chi connectivity index (χ0) is 24.8. The largest absolute Gasteiger partial charge is 0.465 e. The van der Waals surface area contributed by atoms with E-state index < -0.39 is 44.8 Å². The van der Waals surface area contributed by atoms with Gasteiger partial charge in [-0.05, 0) is 36.4 Å². The number of nitro groups is 2. The summed E-state index contributed by atoms with van der Waals surface area (Å²) in [4.78, 5) is 52.4. The van der Waals surface area contributed by atoms with E-state index in [0.29, 0.717) is 0 Å². The molecule has 0 atom stereocenters. The third-order valence-electron chi connectivity index (χ3n) is 4.16. The summed E-state index contributed by atoms with van der Waals surface area (Å²) in [5.41, 5.74) is 3.34. The summed E-state index contributed by atoms with van der Waals surface area (Å²) in [6.45, 7) is 0. The first kappa shape index (κ1) is 23.8. The van der Waals surface area contributed by atoms with Crippen LogP contribution in [0.25, 0.3) is 0 Å². The topological polar surface area (TPSA) is 189 Å². The molecule has 15 heteroatoms. The van der Waals surface area contributed by atoms with Gasteiger partial charge < -0.3 is 9.47 Å². The number of benzene rings is 2. The van der Waals surface area contributed by atoms with Gasteiger partial charge in [-0.15, -0.1) is 0 Å². The van der Waals surface area contributed by atoms with Crippen LogP contribution in [0, 0.1) is 20.2 Å². The molecule has 174 valence electrons. The number of amides is 1. The van der Waals surface area contributed by atoms with Gasteiger partial charge in [-0.2, -0.15) is 4.98 Å². The van der Waals surface area contributed by atoms with Gasteiger partial charge in [-0.25, -0.2) is 9.78 Å². The number of methoxy groups -OCH3 is 1. The average molecular weight is 489 g/mol. The van der Waals surface area contributed by atoms with E-state index in [0.717, 1.165) is 12.4 Å². The molecule has 0 saturated carbocycles. The number of nitro benzene ring substituents is 1. The first-order valence-corrected chi connectivity index (χ1v) is 9.45. The van der Waals surface area contributed by atoms with Crippen molar-refractivity contribution in [3.8, 4) is 11.6 Å². The highest BCUT2D eigenvalue weighted by Crippen LogP contribution is 2.34. The van der Waals surface area contributed by atoms with Gasteiger partial charge in [0.25, 0.3) is 11.6 Å². The molecule has 0 aliphatic heterocycles. The third kappa shape index (κ3) is 5.31. The number of nitrogens with zero attached hydrogens (tertiary/aromatic N) is 4. The molecule has 3 rings (SSSR count). The van der Waals surface area contributed by atoms with Crippen molar-refractivity contribution in [3.63, 3.8) is 0 Å². The molecule has 0 fully saturated rings. The van der Waals surface area contributed by atoms with Crippen LogP contribution in [0.4, 0.5) is 17.2 Å². The maximum atomic E-state index is 12.4. The number of aromatic nitrogens is 2. The van der Waals surface area contributed by atoms with Gasteiger partial charge in [0.15, 0.2) is 0 Å². The Morgan fingerprint density at radius 1 is 1.00 bits per heavy atom. The van der Waals surface area contributed by atoms with E-state index in [1.165, 1.54) is 43.5 Å². The standard InChI is InChI=1S/C19H13ClN6O8/c1-33-19(28)10-2-5-12(6-3-10)34-18-15(26(31)32)16(21-9-22-18)23-24-17(27)11-4-7-13(20)14(8-11)25(29)30/h2-9H,1H3,(H,24,27)(H,21,22,23). The van der Waals surface area contributed by atoms with Crippen molar-refractivity contribution in [1.82, 2.24) is 15.4 Å². The van der Waals surface area contributed by atoms with E-state index in [-0.39, 0.29) is 21.9 Å². The minimum absolute atomic E-state index is 0.123. The summed E-state index contributed by atoms with van der Waals surface area (Å²) in [6, 6.07) is 8.87. The number of hydrogen-bond donors (Lipinski definition) is 2. The molecule has 2 N–H and O–H groups in total. The number of carbonyl (C=O) groups is 2. The molecule has 14 nitrogen and oxygen atoms in total. The van der Waals surface area contributed by atoms with Gasteiger partial charge in [0.05, 0.1) is 22.5 Å². The second kappa shape index (κ2) is 10.2. The molecule has 1 amide bonds. The number of hydrazine groups is 1. The molecule has 0 spiro atoms. The van der Waals surface area contributed by atoms with Crippen molar-refractivity contribution in [2.45, 2.75) is 0 Å². The van der Waals surface area contributed by atoms with Gasteiger partial charge >= 0.3 is 17.5 Å². The minimum Gasteiger partial charge on any atom is -0.465 e. The fourth-order valence-electron chi connectivity index (χ4n) is 2.56. The summed E-state index contributed by atoms with van der Waals surface area (Å²) < 4.78 is 10.0. The Balaban J connectivity index is 1.81. The second-order valence-electron chi connectivity index (χ2n) is 6.25. The number of esters is 1. The quantitative estimate of drug-likeness (QED) is 0.269. The Hall–Kier alpha value is -4.85. The summed E-state index contributed by atoms with van der Waals surface area (Å²) in [7, 11) is 1.22. The van der Waals surface area contributed by atoms with Gasteiger partial charge in [-0.1, -0.05) is 11.6 Å². The first-order valence-electron chi connectivity index (χ1n) is 9.07. The maximum Gasteiger partial charge on any atom is 0.374 e. The first-order chi connectivity index (χ1) is 16.2. The van der Waals surface area contributed by atoms with Gasteiger partial charge in [0.1, 0.15) is 17.1 Å². The number of hydrogen-bond acceptors (Lipinski definition) is 11. The Morgan fingerprint density at radius 3 is 2.29 bits per heavy atom. The number of halogens is 1. The van der Waals surface area contributed by atoms with Crippen LogP contribution in [0.3, 0.4) is 0 Å². The molecule has 0 aliphatic carbocycles. The van der Waals surface area contributed by atoms with Crippen LogP contribution in [0.2, 0.25) is 5.02 Å². The number of rotatable bonds is 8. The van der Waals surface area contributed by atoms with Crippen LogP contribution in [0.15, 0.2) is 48.8 Å². The van der Waals surface area contributed by atoms with E-state index in [1.807, 2.05) is 0 Å². The second-order valence-corrected chi connectivity index (χ2v) is 6.66. The molecule has 0 bridgehead atoms. The van der Waals surface area contributed by atoms with Crippen molar-refractivity contribution < 1.29 is 28.9 Å². The van der Waals surface area contributed by atoms with Crippen molar-refractivity contribution in [2.24, 2.45) is 0 Å². The highest BCUT2D eigenvalue weighted by atomic mass is 35.5. The van der Waals surface area contributed by atoms with E-state index in [9.17, 15) is 29.8 Å². The highest BCUT2D eigenvalue weighted by Gasteiger charge is 2.26. The fourth-order valence-corrected chi connectivity index (χ4v) is 2.75. The van der Waals surface area contributed by atoms with Crippen molar-refractivity contribution in [3.05, 3.63) is 85.2 Å². The molecule has 2 aromatic carbocycles. The lowest BCUT2D eigenvalue weighted by molar-refractivity contribution is -0.385. The normalized spacial score (nSPS) is 10.2. The Labute approximate surface area is 194 Å². The molecule has 0 unspecified atom stereocenters. The summed E-state index contributed by atoms with van der Waals surface area (Å²) in [6.07, 6.45) is 0.951. The highest BCUT2D eigenvalue weighted by molar-refractivity contribution is 6.32. The van der Waals surface area contributed by atoms with Crippen LogP contribution in [0.5, 0.6) is 11.6 Å². The van der Waals surface area contributed by atoms with Crippen molar-refractivity contribution >= 4 is 40.7 Å². The molecular formula is C19H13ClN6O8. The van der Waals surface area contributed by atoms with Crippen LogP contribution < -0.4 is 15.6 Å².